The van der Waals surface area contributed by atoms with Gasteiger partial charge in [-0.1, -0.05) is 26.0 Å². The zero-order valence-electron chi connectivity index (χ0n) is 12.6. The fourth-order valence-corrected chi connectivity index (χ4v) is 2.01. The number of primary amides is 1. The standard InChI is InChI=1S/C15H24N4O2/c1-10(2)7-13(8-16)19-14(20)12-5-3-11(4-6-12)9-18-15(17)21/h3-6,10,13H,7-9,16H2,1-2H3,(H,19,20)(H3,17,18,21). The molecule has 0 aromatic heterocycles. The first-order chi connectivity index (χ1) is 9.92. The summed E-state index contributed by atoms with van der Waals surface area (Å²) in [6.07, 6.45) is 0.850. The van der Waals surface area contributed by atoms with E-state index in [0.717, 1.165) is 12.0 Å². The van der Waals surface area contributed by atoms with E-state index in [1.807, 2.05) is 0 Å². The van der Waals surface area contributed by atoms with Crippen LogP contribution in [0.5, 0.6) is 0 Å². The molecule has 0 saturated carbocycles. The van der Waals surface area contributed by atoms with Crippen molar-refractivity contribution in [3.05, 3.63) is 35.4 Å². The van der Waals surface area contributed by atoms with Crippen LogP contribution in [-0.2, 0) is 6.54 Å². The van der Waals surface area contributed by atoms with Gasteiger partial charge in [0.2, 0.25) is 0 Å². The minimum atomic E-state index is -0.573. The van der Waals surface area contributed by atoms with Gasteiger partial charge in [0.1, 0.15) is 0 Å². The van der Waals surface area contributed by atoms with Crippen LogP contribution in [0.25, 0.3) is 0 Å². The van der Waals surface area contributed by atoms with E-state index in [-0.39, 0.29) is 11.9 Å². The molecule has 21 heavy (non-hydrogen) atoms. The molecule has 6 nitrogen and oxygen atoms in total. The highest BCUT2D eigenvalue weighted by Gasteiger charge is 2.13. The molecule has 0 aliphatic heterocycles. The SMILES string of the molecule is CC(C)CC(CN)NC(=O)c1ccc(CNC(N)=O)cc1. The summed E-state index contributed by atoms with van der Waals surface area (Å²) in [5, 5.41) is 5.43. The predicted molar refractivity (Wildman–Crippen MR) is 82.6 cm³/mol. The van der Waals surface area contributed by atoms with Gasteiger partial charge in [-0.15, -0.1) is 0 Å². The van der Waals surface area contributed by atoms with E-state index in [1.165, 1.54) is 0 Å². The number of carbonyl (C=O) groups is 2. The summed E-state index contributed by atoms with van der Waals surface area (Å²) in [7, 11) is 0. The molecule has 0 radical (unpaired) electrons. The molecule has 1 aromatic carbocycles. The summed E-state index contributed by atoms with van der Waals surface area (Å²) in [5.74, 6) is 0.335. The molecule has 0 fully saturated rings. The second kappa shape index (κ2) is 8.26. The number of amides is 3. The van der Waals surface area contributed by atoms with Crippen LogP contribution in [0.3, 0.4) is 0 Å². The van der Waals surface area contributed by atoms with Crippen LogP contribution in [0.15, 0.2) is 24.3 Å². The van der Waals surface area contributed by atoms with Gasteiger partial charge in [0.15, 0.2) is 0 Å². The van der Waals surface area contributed by atoms with E-state index in [2.05, 4.69) is 24.5 Å². The summed E-state index contributed by atoms with van der Waals surface area (Å²) < 4.78 is 0. The molecule has 1 rings (SSSR count). The third-order valence-electron chi connectivity index (χ3n) is 3.06. The quantitative estimate of drug-likeness (QED) is 0.600. The number of rotatable bonds is 7. The van der Waals surface area contributed by atoms with Crippen molar-refractivity contribution in [1.82, 2.24) is 10.6 Å². The van der Waals surface area contributed by atoms with E-state index in [9.17, 15) is 9.59 Å². The Hall–Kier alpha value is -2.08. The molecule has 6 N–H and O–H groups in total. The Balaban J connectivity index is 2.59. The molecular weight excluding hydrogens is 268 g/mol. The maximum absolute atomic E-state index is 12.1. The van der Waals surface area contributed by atoms with Gasteiger partial charge in [0.25, 0.3) is 5.91 Å². The summed E-state index contributed by atoms with van der Waals surface area (Å²) in [6.45, 7) is 4.95. The molecule has 0 saturated heterocycles. The summed E-state index contributed by atoms with van der Waals surface area (Å²) in [6, 6.07) is 6.41. The van der Waals surface area contributed by atoms with E-state index in [1.54, 1.807) is 24.3 Å². The smallest absolute Gasteiger partial charge is 0.312 e. The fourth-order valence-electron chi connectivity index (χ4n) is 2.01. The van der Waals surface area contributed by atoms with Crippen LogP contribution in [0.2, 0.25) is 0 Å². The van der Waals surface area contributed by atoms with E-state index >= 15 is 0 Å². The molecule has 3 amide bonds. The van der Waals surface area contributed by atoms with E-state index < -0.39 is 6.03 Å². The van der Waals surface area contributed by atoms with Gasteiger partial charge in [-0.25, -0.2) is 4.79 Å². The Labute approximate surface area is 125 Å². The average molecular weight is 292 g/mol. The van der Waals surface area contributed by atoms with Crippen LogP contribution in [-0.4, -0.2) is 24.5 Å². The first-order valence-corrected chi connectivity index (χ1v) is 7.05. The van der Waals surface area contributed by atoms with Crippen LogP contribution in [0.1, 0.15) is 36.2 Å². The zero-order chi connectivity index (χ0) is 15.8. The van der Waals surface area contributed by atoms with Gasteiger partial charge in [0.05, 0.1) is 0 Å². The molecule has 0 bridgehead atoms. The molecule has 0 aliphatic rings. The number of nitrogens with two attached hydrogens (primary N) is 2. The molecule has 6 heteroatoms. The molecule has 1 unspecified atom stereocenters. The largest absolute Gasteiger partial charge is 0.352 e. The van der Waals surface area contributed by atoms with Crippen molar-refractivity contribution in [1.29, 1.82) is 0 Å². The maximum Gasteiger partial charge on any atom is 0.312 e. The number of urea groups is 1. The lowest BCUT2D eigenvalue weighted by atomic mass is 10.0. The highest BCUT2D eigenvalue weighted by molar-refractivity contribution is 5.94. The topological polar surface area (TPSA) is 110 Å². The van der Waals surface area contributed by atoms with Crippen LogP contribution in [0.4, 0.5) is 4.79 Å². The molecule has 116 valence electrons. The fraction of sp³-hybridized carbons (Fsp3) is 0.467. The summed E-state index contributed by atoms with van der Waals surface area (Å²) in [4.78, 5) is 22.7. The Bertz CT molecular complexity index is 471. The molecule has 1 atom stereocenters. The molecule has 0 heterocycles. The van der Waals surface area contributed by atoms with Gasteiger partial charge < -0.3 is 22.1 Å². The van der Waals surface area contributed by atoms with Gasteiger partial charge in [0, 0.05) is 24.7 Å². The van der Waals surface area contributed by atoms with Crippen molar-refractivity contribution in [3.8, 4) is 0 Å². The number of nitrogens with one attached hydrogen (secondary N) is 2. The second-order valence-corrected chi connectivity index (χ2v) is 5.45. The summed E-state index contributed by atoms with van der Waals surface area (Å²) in [5.41, 5.74) is 12.1. The predicted octanol–water partition coefficient (Wildman–Crippen LogP) is 0.958. The monoisotopic (exact) mass is 292 g/mol. The number of benzene rings is 1. The van der Waals surface area contributed by atoms with Gasteiger partial charge in [-0.2, -0.15) is 0 Å². The number of carbonyl (C=O) groups excluding carboxylic acids is 2. The minimum absolute atomic E-state index is 0.0197. The van der Waals surface area contributed by atoms with Gasteiger partial charge >= 0.3 is 6.03 Å². The first-order valence-electron chi connectivity index (χ1n) is 7.05. The lowest BCUT2D eigenvalue weighted by Gasteiger charge is -2.18. The van der Waals surface area contributed by atoms with Crippen molar-refractivity contribution in [3.63, 3.8) is 0 Å². The lowest BCUT2D eigenvalue weighted by Crippen LogP contribution is -2.41. The van der Waals surface area contributed by atoms with Crippen LogP contribution >= 0.6 is 0 Å². The third kappa shape index (κ3) is 6.27. The second-order valence-electron chi connectivity index (χ2n) is 5.45. The molecule has 1 aromatic rings. The average Bonchev–Trinajstić information content (AvgIpc) is 2.44. The summed E-state index contributed by atoms with van der Waals surface area (Å²) >= 11 is 0. The number of hydrogen-bond acceptors (Lipinski definition) is 3. The zero-order valence-corrected chi connectivity index (χ0v) is 12.6. The van der Waals surface area contributed by atoms with Crippen LogP contribution < -0.4 is 22.1 Å². The normalized spacial score (nSPS) is 12.0. The van der Waals surface area contributed by atoms with E-state index in [0.29, 0.717) is 24.6 Å². The van der Waals surface area contributed by atoms with Crippen molar-refractivity contribution in [2.75, 3.05) is 6.54 Å². The lowest BCUT2D eigenvalue weighted by molar-refractivity contribution is 0.0933. The van der Waals surface area contributed by atoms with Crippen molar-refractivity contribution >= 4 is 11.9 Å². The Morgan fingerprint density at radius 3 is 2.29 bits per heavy atom. The highest BCUT2D eigenvalue weighted by atomic mass is 16.2. The Morgan fingerprint density at radius 1 is 1.19 bits per heavy atom. The van der Waals surface area contributed by atoms with Gasteiger partial charge in [-0.05, 0) is 30.0 Å². The first kappa shape index (κ1) is 17.0. The van der Waals surface area contributed by atoms with Gasteiger partial charge in [-0.3, -0.25) is 4.79 Å². The molecule has 0 spiro atoms. The maximum atomic E-state index is 12.1. The van der Waals surface area contributed by atoms with Crippen molar-refractivity contribution in [2.45, 2.75) is 32.9 Å². The minimum Gasteiger partial charge on any atom is -0.352 e. The molecular formula is C15H24N4O2. The van der Waals surface area contributed by atoms with E-state index in [4.69, 9.17) is 11.5 Å². The molecule has 0 aliphatic carbocycles. The third-order valence-corrected chi connectivity index (χ3v) is 3.06. The highest BCUT2D eigenvalue weighted by Crippen LogP contribution is 2.07. The van der Waals surface area contributed by atoms with Crippen LogP contribution in [0, 0.1) is 5.92 Å². The number of hydrogen-bond donors (Lipinski definition) is 4. The van der Waals surface area contributed by atoms with Crippen molar-refractivity contribution in [2.24, 2.45) is 17.4 Å². The Morgan fingerprint density at radius 2 is 1.81 bits per heavy atom. The van der Waals surface area contributed by atoms with Crippen molar-refractivity contribution < 1.29 is 9.59 Å². The Kier molecular flexibility index (Phi) is 6.68.